The SMILES string of the molecule is CC(C)c1cc(C(C)C)c(S(=O)N[C@@H](c2ccccc2)[C@@H](NC(=O)CCCC2=CCC=CC2)c2ccccc2)c(C(C)C)c1. The van der Waals surface area contributed by atoms with E-state index in [1.54, 1.807) is 0 Å². The third-order valence-corrected chi connectivity index (χ3v) is 9.77. The molecule has 1 amide bonds. The average Bonchev–Trinajstić information content (AvgIpc) is 3.03. The van der Waals surface area contributed by atoms with E-state index in [2.05, 4.69) is 94.1 Å². The molecule has 1 unspecified atom stereocenters. The fraction of sp³-hybridized carbons (Fsp3) is 0.410. The maximum atomic E-state index is 14.6. The Balaban J connectivity index is 1.69. The molecule has 0 saturated carbocycles. The van der Waals surface area contributed by atoms with E-state index >= 15 is 0 Å². The highest BCUT2D eigenvalue weighted by Gasteiger charge is 2.30. The van der Waals surface area contributed by atoms with E-state index in [1.165, 1.54) is 11.1 Å². The molecule has 44 heavy (non-hydrogen) atoms. The number of allylic oxidation sites excluding steroid dienone is 4. The fourth-order valence-electron chi connectivity index (χ4n) is 5.86. The van der Waals surface area contributed by atoms with Crippen LogP contribution in [0.2, 0.25) is 0 Å². The van der Waals surface area contributed by atoms with Crippen LogP contribution in [-0.2, 0) is 15.8 Å². The molecule has 1 aliphatic carbocycles. The van der Waals surface area contributed by atoms with Crippen molar-refractivity contribution < 1.29 is 9.00 Å². The summed E-state index contributed by atoms with van der Waals surface area (Å²) in [5.74, 6) is 0.801. The van der Waals surface area contributed by atoms with Crippen LogP contribution in [0.1, 0.15) is 131 Å². The van der Waals surface area contributed by atoms with E-state index in [4.69, 9.17) is 0 Å². The molecule has 0 aliphatic heterocycles. The Kier molecular flexibility index (Phi) is 12.3. The molecule has 0 heterocycles. The minimum atomic E-state index is -1.53. The van der Waals surface area contributed by atoms with E-state index in [0.29, 0.717) is 12.3 Å². The highest BCUT2D eigenvalue weighted by Crippen LogP contribution is 2.36. The number of carbonyl (C=O) groups excluding carboxylic acids is 1. The van der Waals surface area contributed by atoms with Crippen LogP contribution in [0.25, 0.3) is 0 Å². The molecule has 0 fully saturated rings. The molecule has 4 rings (SSSR count). The first kappa shape index (κ1) is 33.6. The lowest BCUT2D eigenvalue weighted by Gasteiger charge is -2.31. The van der Waals surface area contributed by atoms with E-state index in [1.807, 2.05) is 48.5 Å². The van der Waals surface area contributed by atoms with E-state index in [0.717, 1.165) is 52.8 Å². The zero-order valence-electron chi connectivity index (χ0n) is 27.3. The number of carbonyl (C=O) groups is 1. The van der Waals surface area contributed by atoms with Crippen molar-refractivity contribution in [1.82, 2.24) is 10.0 Å². The molecule has 0 bridgehead atoms. The third kappa shape index (κ3) is 8.89. The summed E-state index contributed by atoms with van der Waals surface area (Å²) in [7, 11) is -1.53. The lowest BCUT2D eigenvalue weighted by molar-refractivity contribution is -0.122. The van der Waals surface area contributed by atoms with Crippen molar-refractivity contribution in [3.05, 3.63) is 124 Å². The lowest BCUT2D eigenvalue weighted by Crippen LogP contribution is -2.39. The second-order valence-electron chi connectivity index (χ2n) is 12.9. The van der Waals surface area contributed by atoms with E-state index in [9.17, 15) is 9.00 Å². The van der Waals surface area contributed by atoms with Crippen molar-refractivity contribution in [1.29, 1.82) is 0 Å². The van der Waals surface area contributed by atoms with Gasteiger partial charge in [-0.05, 0) is 71.3 Å². The van der Waals surface area contributed by atoms with Crippen LogP contribution in [0.5, 0.6) is 0 Å². The van der Waals surface area contributed by atoms with E-state index < -0.39 is 23.1 Å². The predicted octanol–water partition coefficient (Wildman–Crippen LogP) is 9.71. The van der Waals surface area contributed by atoms with Gasteiger partial charge in [-0.2, -0.15) is 0 Å². The normalized spacial score (nSPS) is 15.3. The van der Waals surface area contributed by atoms with Crippen molar-refractivity contribution in [2.24, 2.45) is 0 Å². The van der Waals surface area contributed by atoms with Crippen LogP contribution in [0.4, 0.5) is 0 Å². The summed E-state index contributed by atoms with van der Waals surface area (Å²) in [4.78, 5) is 14.4. The standard InChI is InChI=1S/C39H50N2O2S/c1-27(2)33-25-34(28(3)4)39(35(26-33)29(5)6)44(43)41-38(32-22-14-9-15-23-32)37(31-20-12-8-13-21-31)40-36(42)24-16-19-30-17-10-7-11-18-30/h7-10,12-15,18,20-23,25-29,37-38,41H,11,16-17,19,24H2,1-6H3,(H,40,42)/t37-,38-,44?/m0/s1. The van der Waals surface area contributed by atoms with Crippen LogP contribution in [0, 0.1) is 0 Å². The molecule has 3 atom stereocenters. The van der Waals surface area contributed by atoms with Crippen LogP contribution in [0.3, 0.4) is 0 Å². The first-order chi connectivity index (χ1) is 21.2. The molecule has 3 aromatic rings. The summed E-state index contributed by atoms with van der Waals surface area (Å²) >= 11 is 0. The number of hydrogen-bond donors (Lipinski definition) is 2. The zero-order chi connectivity index (χ0) is 31.6. The molecule has 1 aliphatic rings. The van der Waals surface area contributed by atoms with Gasteiger partial charge in [-0.25, -0.2) is 8.93 Å². The van der Waals surface area contributed by atoms with Crippen LogP contribution >= 0.6 is 0 Å². The number of benzene rings is 3. The maximum Gasteiger partial charge on any atom is 0.220 e. The Labute approximate surface area is 268 Å². The molecule has 5 heteroatoms. The molecule has 0 aromatic heterocycles. The zero-order valence-corrected chi connectivity index (χ0v) is 28.1. The topological polar surface area (TPSA) is 58.2 Å². The van der Waals surface area contributed by atoms with Gasteiger partial charge >= 0.3 is 0 Å². The molecule has 0 spiro atoms. The summed E-state index contributed by atoms with van der Waals surface area (Å²) in [6.45, 7) is 13.1. The highest BCUT2D eigenvalue weighted by atomic mass is 32.2. The first-order valence-corrected chi connectivity index (χ1v) is 17.4. The molecule has 234 valence electrons. The summed E-state index contributed by atoms with van der Waals surface area (Å²) in [5.41, 5.74) is 6.86. The Morgan fingerprint density at radius 2 is 1.32 bits per heavy atom. The summed E-state index contributed by atoms with van der Waals surface area (Å²) in [6, 6.07) is 23.8. The maximum absolute atomic E-state index is 14.6. The third-order valence-electron chi connectivity index (χ3n) is 8.46. The van der Waals surface area contributed by atoms with Crippen molar-refractivity contribution in [3.63, 3.8) is 0 Å². The van der Waals surface area contributed by atoms with Gasteiger partial charge in [0.05, 0.1) is 17.0 Å². The smallest absolute Gasteiger partial charge is 0.220 e. The van der Waals surface area contributed by atoms with Gasteiger partial charge in [-0.1, -0.05) is 138 Å². The Morgan fingerprint density at radius 3 is 1.82 bits per heavy atom. The summed E-state index contributed by atoms with van der Waals surface area (Å²) in [5, 5.41) is 3.36. The summed E-state index contributed by atoms with van der Waals surface area (Å²) < 4.78 is 18.1. The number of hydrogen-bond acceptors (Lipinski definition) is 2. The molecular formula is C39H50N2O2S. The van der Waals surface area contributed by atoms with Crippen molar-refractivity contribution in [2.75, 3.05) is 0 Å². The predicted molar refractivity (Wildman–Crippen MR) is 185 cm³/mol. The van der Waals surface area contributed by atoms with Gasteiger partial charge in [0.25, 0.3) is 0 Å². The van der Waals surface area contributed by atoms with Gasteiger partial charge in [-0.3, -0.25) is 4.79 Å². The van der Waals surface area contributed by atoms with Crippen LogP contribution < -0.4 is 10.0 Å². The molecule has 3 aromatic carbocycles. The van der Waals surface area contributed by atoms with Gasteiger partial charge in [0.1, 0.15) is 11.0 Å². The van der Waals surface area contributed by atoms with Crippen LogP contribution in [0.15, 0.2) is 101 Å². The molecule has 0 saturated heterocycles. The van der Waals surface area contributed by atoms with Gasteiger partial charge in [-0.15, -0.1) is 0 Å². The van der Waals surface area contributed by atoms with Crippen molar-refractivity contribution >= 4 is 16.9 Å². The molecule has 0 radical (unpaired) electrons. The Bertz CT molecular complexity index is 1430. The van der Waals surface area contributed by atoms with Crippen molar-refractivity contribution in [3.8, 4) is 0 Å². The lowest BCUT2D eigenvalue weighted by atomic mass is 9.89. The average molecular weight is 611 g/mol. The highest BCUT2D eigenvalue weighted by molar-refractivity contribution is 7.83. The minimum absolute atomic E-state index is 0.00587. The number of rotatable bonds is 14. The van der Waals surface area contributed by atoms with Gasteiger partial charge in [0.2, 0.25) is 5.91 Å². The number of nitrogens with one attached hydrogen (secondary N) is 2. The molecular weight excluding hydrogens is 561 g/mol. The number of amides is 1. The quantitative estimate of drug-likeness (QED) is 0.179. The second kappa shape index (κ2) is 16.2. The van der Waals surface area contributed by atoms with Gasteiger partial charge < -0.3 is 5.32 Å². The van der Waals surface area contributed by atoms with Crippen molar-refractivity contribution in [2.45, 2.75) is 108 Å². The minimum Gasteiger partial charge on any atom is -0.347 e. The van der Waals surface area contributed by atoms with Gasteiger partial charge in [0.15, 0.2) is 0 Å². The summed E-state index contributed by atoms with van der Waals surface area (Å²) in [6.07, 6.45) is 10.8. The second-order valence-corrected chi connectivity index (χ2v) is 14.0. The van der Waals surface area contributed by atoms with E-state index in [-0.39, 0.29) is 17.7 Å². The van der Waals surface area contributed by atoms with Gasteiger partial charge in [0, 0.05) is 6.42 Å². The fourth-order valence-corrected chi connectivity index (χ4v) is 7.50. The Hall–Kier alpha value is -3.28. The largest absolute Gasteiger partial charge is 0.347 e. The monoisotopic (exact) mass is 610 g/mol. The molecule has 2 N–H and O–H groups in total. The van der Waals surface area contributed by atoms with Crippen LogP contribution in [-0.4, -0.2) is 10.1 Å². The first-order valence-electron chi connectivity index (χ1n) is 16.2. The Morgan fingerprint density at radius 1 is 0.750 bits per heavy atom. The molecule has 4 nitrogen and oxygen atoms in total.